The van der Waals surface area contributed by atoms with Crippen molar-refractivity contribution in [3.63, 3.8) is 0 Å². The van der Waals surface area contributed by atoms with Crippen LogP contribution in [0.2, 0.25) is 0 Å². The van der Waals surface area contributed by atoms with Gasteiger partial charge in [0, 0.05) is 62.7 Å². The maximum Gasteiger partial charge on any atom is 0.292 e. The SMILES string of the molecule is COc1cc(OC)cc(C(=O)NC(=S)N2CCN(c3ccc([N+](=O)[O-])c(N4CCCCC4)c3)CC2)c1. The van der Waals surface area contributed by atoms with Crippen molar-refractivity contribution in [3.05, 3.63) is 52.1 Å². The number of amides is 1. The van der Waals surface area contributed by atoms with Crippen molar-refractivity contribution in [1.29, 1.82) is 0 Å². The predicted molar refractivity (Wildman–Crippen MR) is 143 cm³/mol. The highest BCUT2D eigenvalue weighted by Gasteiger charge is 2.25. The highest BCUT2D eigenvalue weighted by molar-refractivity contribution is 7.80. The summed E-state index contributed by atoms with van der Waals surface area (Å²) < 4.78 is 10.5. The molecular formula is C25H31N5O5S. The Balaban J connectivity index is 1.39. The second-order valence-corrected chi connectivity index (χ2v) is 9.20. The number of benzene rings is 2. The number of thiocarbonyl (C=S) groups is 1. The lowest BCUT2D eigenvalue weighted by molar-refractivity contribution is -0.384. The molecule has 0 bridgehead atoms. The normalized spacial score (nSPS) is 15.9. The van der Waals surface area contributed by atoms with Crippen LogP contribution in [-0.2, 0) is 0 Å². The summed E-state index contributed by atoms with van der Waals surface area (Å²) in [6.45, 7) is 4.28. The average molecular weight is 514 g/mol. The van der Waals surface area contributed by atoms with Gasteiger partial charge < -0.3 is 24.2 Å². The van der Waals surface area contributed by atoms with E-state index in [1.54, 1.807) is 24.3 Å². The van der Waals surface area contributed by atoms with E-state index in [0.29, 0.717) is 54.0 Å². The molecule has 4 rings (SSSR count). The fraction of sp³-hybridized carbons (Fsp3) is 0.440. The van der Waals surface area contributed by atoms with Crippen LogP contribution in [0.1, 0.15) is 29.6 Å². The van der Waals surface area contributed by atoms with Gasteiger partial charge in [-0.15, -0.1) is 0 Å². The summed E-state index contributed by atoms with van der Waals surface area (Å²) in [7, 11) is 3.06. The molecule has 0 unspecified atom stereocenters. The van der Waals surface area contributed by atoms with Gasteiger partial charge in [-0.2, -0.15) is 0 Å². The number of piperidine rings is 1. The maximum atomic E-state index is 12.8. The lowest BCUT2D eigenvalue weighted by Crippen LogP contribution is -2.52. The first kappa shape index (κ1) is 25.5. The molecule has 2 aromatic carbocycles. The number of nitro benzene ring substituents is 1. The molecule has 192 valence electrons. The van der Waals surface area contributed by atoms with Gasteiger partial charge in [-0.25, -0.2) is 0 Å². The number of methoxy groups -OCH3 is 2. The lowest BCUT2D eigenvalue weighted by atomic mass is 10.1. The summed E-state index contributed by atoms with van der Waals surface area (Å²) in [5.41, 5.74) is 2.19. The lowest BCUT2D eigenvalue weighted by Gasteiger charge is -2.37. The predicted octanol–water partition coefficient (Wildman–Crippen LogP) is 3.44. The van der Waals surface area contributed by atoms with E-state index >= 15 is 0 Å². The zero-order chi connectivity index (χ0) is 25.7. The Morgan fingerprint density at radius 3 is 2.14 bits per heavy atom. The number of piperazine rings is 1. The molecule has 10 nitrogen and oxygen atoms in total. The van der Waals surface area contributed by atoms with Crippen LogP contribution in [0.5, 0.6) is 11.5 Å². The Bertz CT molecular complexity index is 1110. The molecule has 1 amide bonds. The molecule has 2 heterocycles. The molecule has 0 aliphatic carbocycles. The van der Waals surface area contributed by atoms with Gasteiger partial charge in [-0.3, -0.25) is 20.2 Å². The molecule has 2 fully saturated rings. The van der Waals surface area contributed by atoms with Crippen LogP contribution in [-0.4, -0.2) is 74.3 Å². The quantitative estimate of drug-likeness (QED) is 0.354. The third-order valence-corrected chi connectivity index (χ3v) is 6.98. The van der Waals surface area contributed by atoms with Crippen LogP contribution >= 0.6 is 12.2 Å². The van der Waals surface area contributed by atoms with Gasteiger partial charge in [0.25, 0.3) is 11.6 Å². The molecular weight excluding hydrogens is 482 g/mol. The molecule has 0 radical (unpaired) electrons. The van der Waals surface area contributed by atoms with E-state index in [0.717, 1.165) is 38.0 Å². The first-order valence-corrected chi connectivity index (χ1v) is 12.4. The van der Waals surface area contributed by atoms with Crippen molar-refractivity contribution in [3.8, 4) is 11.5 Å². The number of hydrogen-bond donors (Lipinski definition) is 1. The van der Waals surface area contributed by atoms with Crippen LogP contribution in [0.4, 0.5) is 17.1 Å². The zero-order valence-corrected chi connectivity index (χ0v) is 21.4. The fourth-order valence-corrected chi connectivity index (χ4v) is 4.88. The molecule has 1 N–H and O–H groups in total. The molecule has 2 aliphatic heterocycles. The number of rotatable bonds is 6. The molecule has 0 spiro atoms. The van der Waals surface area contributed by atoms with Gasteiger partial charge >= 0.3 is 0 Å². The number of hydrogen-bond acceptors (Lipinski definition) is 8. The minimum atomic E-state index is -0.332. The summed E-state index contributed by atoms with van der Waals surface area (Å²) >= 11 is 5.51. The van der Waals surface area contributed by atoms with E-state index in [9.17, 15) is 14.9 Å². The van der Waals surface area contributed by atoms with Crippen molar-refractivity contribution in [1.82, 2.24) is 10.2 Å². The maximum absolute atomic E-state index is 12.8. The molecule has 0 aromatic heterocycles. The Labute approximate surface area is 215 Å². The van der Waals surface area contributed by atoms with E-state index in [4.69, 9.17) is 21.7 Å². The van der Waals surface area contributed by atoms with Crippen molar-refractivity contribution < 1.29 is 19.2 Å². The van der Waals surface area contributed by atoms with Gasteiger partial charge in [0.05, 0.1) is 19.1 Å². The molecule has 11 heteroatoms. The van der Waals surface area contributed by atoms with E-state index < -0.39 is 0 Å². The molecule has 2 aliphatic rings. The smallest absolute Gasteiger partial charge is 0.292 e. The highest BCUT2D eigenvalue weighted by atomic mass is 32.1. The van der Waals surface area contributed by atoms with Crippen LogP contribution in [0.15, 0.2) is 36.4 Å². The third kappa shape index (κ3) is 5.78. The van der Waals surface area contributed by atoms with Crippen LogP contribution in [0, 0.1) is 10.1 Å². The monoisotopic (exact) mass is 513 g/mol. The van der Waals surface area contributed by atoms with Crippen LogP contribution < -0.4 is 24.6 Å². The standard InChI is InChI=1S/C25H31N5O5S/c1-34-20-14-18(15-21(17-20)35-2)24(31)26-25(36)29-12-10-27(11-13-29)19-6-7-22(30(32)33)23(16-19)28-8-4-3-5-9-28/h6-7,14-17H,3-5,8-13H2,1-2H3,(H,26,31,36). The van der Waals surface area contributed by atoms with E-state index in [2.05, 4.69) is 15.1 Å². The summed E-state index contributed by atoms with van der Waals surface area (Å²) in [6.07, 6.45) is 3.26. The van der Waals surface area contributed by atoms with Crippen molar-refractivity contribution in [2.75, 3.05) is 63.3 Å². The zero-order valence-electron chi connectivity index (χ0n) is 20.6. The fourth-order valence-electron chi connectivity index (χ4n) is 4.61. The second-order valence-electron chi connectivity index (χ2n) is 8.81. The average Bonchev–Trinajstić information content (AvgIpc) is 2.92. The van der Waals surface area contributed by atoms with Crippen LogP contribution in [0.25, 0.3) is 0 Å². The summed E-state index contributed by atoms with van der Waals surface area (Å²) in [6, 6.07) is 10.3. The molecule has 36 heavy (non-hydrogen) atoms. The number of nitrogens with one attached hydrogen (secondary N) is 1. The van der Waals surface area contributed by atoms with Crippen molar-refractivity contribution >= 4 is 40.3 Å². The molecule has 2 aromatic rings. The van der Waals surface area contributed by atoms with Gasteiger partial charge in [-0.1, -0.05) is 0 Å². The summed E-state index contributed by atoms with van der Waals surface area (Å²) in [5.74, 6) is 0.707. The molecule has 0 atom stereocenters. The number of nitrogens with zero attached hydrogens (tertiary/aromatic N) is 4. The number of carbonyl (C=O) groups is 1. The Morgan fingerprint density at radius 2 is 1.56 bits per heavy atom. The van der Waals surface area contributed by atoms with E-state index in [1.807, 2.05) is 17.0 Å². The molecule has 2 saturated heterocycles. The van der Waals surface area contributed by atoms with Gasteiger partial charge in [0.1, 0.15) is 17.2 Å². The minimum Gasteiger partial charge on any atom is -0.497 e. The summed E-state index contributed by atoms with van der Waals surface area (Å²) in [5, 5.41) is 14.8. The number of carbonyl (C=O) groups excluding carboxylic acids is 1. The Morgan fingerprint density at radius 1 is 0.917 bits per heavy atom. The van der Waals surface area contributed by atoms with Crippen LogP contribution in [0.3, 0.4) is 0 Å². The second kappa shape index (κ2) is 11.4. The number of anilines is 2. The van der Waals surface area contributed by atoms with Gasteiger partial charge in [-0.05, 0) is 55.7 Å². The summed E-state index contributed by atoms with van der Waals surface area (Å²) in [4.78, 5) is 30.4. The van der Waals surface area contributed by atoms with E-state index in [1.165, 1.54) is 14.2 Å². The van der Waals surface area contributed by atoms with Crippen molar-refractivity contribution in [2.24, 2.45) is 0 Å². The van der Waals surface area contributed by atoms with E-state index in [-0.39, 0.29) is 16.5 Å². The van der Waals surface area contributed by atoms with Gasteiger partial charge in [0.2, 0.25) is 0 Å². The first-order valence-electron chi connectivity index (χ1n) is 12.0. The third-order valence-electron chi connectivity index (χ3n) is 6.62. The minimum absolute atomic E-state index is 0.150. The Kier molecular flexibility index (Phi) is 8.09. The first-order chi connectivity index (χ1) is 17.4. The van der Waals surface area contributed by atoms with Gasteiger partial charge in [0.15, 0.2) is 5.11 Å². The molecule has 0 saturated carbocycles. The largest absolute Gasteiger partial charge is 0.497 e. The van der Waals surface area contributed by atoms with Crippen molar-refractivity contribution in [2.45, 2.75) is 19.3 Å². The topological polar surface area (TPSA) is 100 Å². The Hall–Kier alpha value is -3.60. The number of nitro groups is 1. The number of ether oxygens (including phenoxy) is 2. The highest BCUT2D eigenvalue weighted by Crippen LogP contribution is 2.34.